The number of aliphatic hydroxyl groups is 1. The molecule has 2 atom stereocenters. The van der Waals surface area contributed by atoms with Crippen molar-refractivity contribution in [3.8, 4) is 0 Å². The highest BCUT2D eigenvalue weighted by Crippen LogP contribution is 2.41. The van der Waals surface area contributed by atoms with Gasteiger partial charge in [-0.1, -0.05) is 37.3 Å². The molecule has 2 aliphatic heterocycles. The Balaban J connectivity index is 1.50. The number of piperazine rings is 1. The predicted octanol–water partition coefficient (Wildman–Crippen LogP) is 2.62. The minimum Gasteiger partial charge on any atom is -0.394 e. The number of fused-ring (bicyclic) bond motifs is 2. The van der Waals surface area contributed by atoms with Crippen LogP contribution in [0.4, 0.5) is 0 Å². The quantitative estimate of drug-likeness (QED) is 0.772. The Labute approximate surface area is 171 Å². The summed E-state index contributed by atoms with van der Waals surface area (Å²) in [5, 5.41) is 9.20. The molecular formula is C22H29N3O2S. The zero-order valence-electron chi connectivity index (χ0n) is 16.5. The van der Waals surface area contributed by atoms with Gasteiger partial charge in [0.2, 0.25) is 0 Å². The van der Waals surface area contributed by atoms with Crippen molar-refractivity contribution in [1.29, 1.82) is 0 Å². The van der Waals surface area contributed by atoms with E-state index in [0.717, 1.165) is 38.6 Å². The normalized spacial score (nSPS) is 24.9. The SMILES string of the molecule is CC1C=CC=C2N=C(N3CCN(CCOCCO)CC3)c3ccccc3SC21. The zero-order chi connectivity index (χ0) is 19.3. The van der Waals surface area contributed by atoms with Crippen molar-refractivity contribution in [3.63, 3.8) is 0 Å². The Morgan fingerprint density at radius 3 is 2.82 bits per heavy atom. The van der Waals surface area contributed by atoms with Gasteiger partial charge in [0.15, 0.2) is 0 Å². The van der Waals surface area contributed by atoms with E-state index in [4.69, 9.17) is 14.8 Å². The molecule has 2 heterocycles. The number of ether oxygens (including phenoxy) is 1. The van der Waals surface area contributed by atoms with Gasteiger partial charge in [-0.15, -0.1) is 11.8 Å². The van der Waals surface area contributed by atoms with Crippen LogP contribution in [0.25, 0.3) is 0 Å². The number of nitrogens with zero attached hydrogens (tertiary/aromatic N) is 3. The first-order chi connectivity index (χ1) is 13.8. The predicted molar refractivity (Wildman–Crippen MR) is 115 cm³/mol. The number of hydrogen-bond donors (Lipinski definition) is 1. The Hall–Kier alpha value is -1.60. The molecule has 5 nitrogen and oxygen atoms in total. The number of benzene rings is 1. The zero-order valence-corrected chi connectivity index (χ0v) is 17.3. The van der Waals surface area contributed by atoms with Gasteiger partial charge in [-0.25, -0.2) is 4.99 Å². The van der Waals surface area contributed by atoms with E-state index >= 15 is 0 Å². The van der Waals surface area contributed by atoms with Crippen LogP contribution in [0.15, 0.2) is 58.1 Å². The topological polar surface area (TPSA) is 48.3 Å². The second kappa shape index (κ2) is 9.27. The van der Waals surface area contributed by atoms with Gasteiger partial charge in [0.25, 0.3) is 0 Å². The maximum atomic E-state index is 8.82. The van der Waals surface area contributed by atoms with Crippen LogP contribution in [0.2, 0.25) is 0 Å². The number of allylic oxidation sites excluding steroid dienone is 3. The molecule has 0 spiro atoms. The highest BCUT2D eigenvalue weighted by Gasteiger charge is 2.31. The summed E-state index contributed by atoms with van der Waals surface area (Å²) < 4.78 is 5.42. The number of rotatable bonds is 5. The molecule has 1 aliphatic carbocycles. The summed E-state index contributed by atoms with van der Waals surface area (Å²) >= 11 is 1.95. The first-order valence-corrected chi connectivity index (χ1v) is 11.0. The van der Waals surface area contributed by atoms with Crippen molar-refractivity contribution in [1.82, 2.24) is 9.80 Å². The van der Waals surface area contributed by atoms with Gasteiger partial charge in [0.1, 0.15) is 5.84 Å². The minimum absolute atomic E-state index is 0.0929. The summed E-state index contributed by atoms with van der Waals surface area (Å²) in [6, 6.07) is 8.70. The van der Waals surface area contributed by atoms with Crippen LogP contribution < -0.4 is 0 Å². The van der Waals surface area contributed by atoms with Crippen molar-refractivity contribution >= 4 is 17.6 Å². The van der Waals surface area contributed by atoms with Gasteiger partial charge in [0, 0.05) is 43.2 Å². The van der Waals surface area contributed by atoms with Crippen LogP contribution in [0, 0.1) is 5.92 Å². The third kappa shape index (κ3) is 4.35. The molecule has 150 valence electrons. The van der Waals surface area contributed by atoms with Crippen LogP contribution in [-0.2, 0) is 4.74 Å². The Bertz CT molecular complexity index is 769. The molecule has 6 heteroatoms. The van der Waals surface area contributed by atoms with E-state index in [-0.39, 0.29) is 6.61 Å². The molecule has 0 bridgehead atoms. The van der Waals surface area contributed by atoms with Crippen LogP contribution in [0.5, 0.6) is 0 Å². The molecule has 3 aliphatic rings. The molecule has 28 heavy (non-hydrogen) atoms. The third-order valence-corrected chi connectivity index (χ3v) is 7.06. The van der Waals surface area contributed by atoms with Crippen LogP contribution in [0.3, 0.4) is 0 Å². The number of hydrogen-bond acceptors (Lipinski definition) is 6. The van der Waals surface area contributed by atoms with E-state index in [1.54, 1.807) is 0 Å². The average molecular weight is 400 g/mol. The Kier molecular flexibility index (Phi) is 6.52. The maximum absolute atomic E-state index is 8.82. The van der Waals surface area contributed by atoms with Gasteiger partial charge in [-0.3, -0.25) is 4.90 Å². The fourth-order valence-electron chi connectivity index (χ4n) is 3.92. The second-order valence-electron chi connectivity index (χ2n) is 7.47. The monoisotopic (exact) mass is 399 g/mol. The summed E-state index contributed by atoms with van der Waals surface area (Å²) in [6.07, 6.45) is 6.61. The number of aliphatic hydroxyl groups excluding tert-OH is 1. The molecule has 2 unspecified atom stereocenters. The lowest BCUT2D eigenvalue weighted by Gasteiger charge is -2.36. The van der Waals surface area contributed by atoms with E-state index < -0.39 is 0 Å². The summed E-state index contributed by atoms with van der Waals surface area (Å²) in [7, 11) is 0. The van der Waals surface area contributed by atoms with Crippen LogP contribution in [0.1, 0.15) is 12.5 Å². The van der Waals surface area contributed by atoms with E-state index in [2.05, 4.69) is 59.2 Å². The van der Waals surface area contributed by atoms with Crippen molar-refractivity contribution in [2.75, 3.05) is 52.5 Å². The molecular weight excluding hydrogens is 370 g/mol. The maximum Gasteiger partial charge on any atom is 0.137 e. The largest absolute Gasteiger partial charge is 0.394 e. The summed E-state index contributed by atoms with van der Waals surface area (Å²) in [5.41, 5.74) is 2.45. The molecule has 1 aromatic carbocycles. The fraction of sp³-hybridized carbons (Fsp3) is 0.500. The lowest BCUT2D eigenvalue weighted by molar-refractivity contribution is 0.0652. The van der Waals surface area contributed by atoms with Gasteiger partial charge < -0.3 is 14.7 Å². The smallest absolute Gasteiger partial charge is 0.137 e. The third-order valence-electron chi connectivity index (χ3n) is 5.53. The van der Waals surface area contributed by atoms with Crippen LogP contribution in [-0.4, -0.2) is 78.5 Å². The fourth-order valence-corrected chi connectivity index (χ4v) is 5.20. The standard InChI is InChI=1S/C22H29N3O2S/c1-17-5-4-7-19-21(17)28-20-8-3-2-6-18(20)22(23-19)25-11-9-24(10-12-25)13-15-27-16-14-26/h2-8,17,21,26H,9-16H2,1H3. The van der Waals surface area contributed by atoms with Gasteiger partial charge in [0.05, 0.1) is 30.8 Å². The lowest BCUT2D eigenvalue weighted by atomic mass is 10.00. The second-order valence-corrected chi connectivity index (χ2v) is 8.65. The molecule has 1 fully saturated rings. The minimum atomic E-state index is 0.0929. The summed E-state index contributed by atoms with van der Waals surface area (Å²) in [5.74, 6) is 1.60. The van der Waals surface area contributed by atoms with Crippen molar-refractivity contribution in [3.05, 3.63) is 53.8 Å². The van der Waals surface area contributed by atoms with Crippen LogP contribution >= 0.6 is 11.8 Å². The molecule has 1 aromatic rings. The molecule has 0 radical (unpaired) electrons. The molecule has 1 N–H and O–H groups in total. The molecule has 4 rings (SSSR count). The van der Waals surface area contributed by atoms with Gasteiger partial charge >= 0.3 is 0 Å². The first-order valence-electron chi connectivity index (χ1n) is 10.2. The number of thioether (sulfide) groups is 1. The Morgan fingerprint density at radius 2 is 2.00 bits per heavy atom. The molecule has 0 saturated carbocycles. The molecule has 1 saturated heterocycles. The summed E-state index contributed by atoms with van der Waals surface area (Å²) in [4.78, 5) is 11.4. The lowest BCUT2D eigenvalue weighted by Crippen LogP contribution is -2.49. The van der Waals surface area contributed by atoms with Crippen molar-refractivity contribution in [2.24, 2.45) is 10.9 Å². The van der Waals surface area contributed by atoms with E-state index in [1.165, 1.54) is 16.2 Å². The van der Waals surface area contributed by atoms with E-state index in [1.807, 2.05) is 11.8 Å². The highest BCUT2D eigenvalue weighted by atomic mass is 32.2. The van der Waals surface area contributed by atoms with Gasteiger partial charge in [-0.05, 0) is 18.1 Å². The number of aliphatic imine (C=N–C) groups is 1. The first kappa shape index (κ1) is 19.7. The Morgan fingerprint density at radius 1 is 1.18 bits per heavy atom. The number of amidine groups is 1. The average Bonchev–Trinajstić information content (AvgIpc) is 2.90. The highest BCUT2D eigenvalue weighted by molar-refractivity contribution is 8.00. The van der Waals surface area contributed by atoms with E-state index in [9.17, 15) is 0 Å². The van der Waals surface area contributed by atoms with Crippen molar-refractivity contribution < 1.29 is 9.84 Å². The van der Waals surface area contributed by atoms with E-state index in [0.29, 0.717) is 24.4 Å². The van der Waals surface area contributed by atoms with Gasteiger partial charge in [-0.2, -0.15) is 0 Å². The van der Waals surface area contributed by atoms with Crippen molar-refractivity contribution in [2.45, 2.75) is 17.1 Å². The summed E-state index contributed by atoms with van der Waals surface area (Å²) in [6.45, 7) is 8.36. The molecule has 0 aromatic heterocycles. The molecule has 0 amide bonds.